The number of anilines is 1. The number of carbonyl (C=O) groups excluding carboxylic acids is 5. The molecule has 0 spiro atoms. The number of likely N-dealkylation sites (N-methyl/N-ethyl adjacent to an activating group) is 1. The molecule has 5 N–H and O–H groups in total. The average molecular weight is 851 g/mol. The SMILES string of the molecule is C=C/C=C(\C=C/C)Oc1ccc(C2=NN(C3CCCN(C(=O)C(=C)CCOCCOCCNc4cccc(C=O)c4C(=O)N(C)C(C=O)CCC=O)C3)C(=N)/C2=C(/N)NC)cc1. The van der Waals surface area contributed by atoms with Crippen LogP contribution in [0.5, 0.6) is 5.75 Å². The summed E-state index contributed by atoms with van der Waals surface area (Å²) < 4.78 is 17.4. The minimum Gasteiger partial charge on any atom is -0.457 e. The number of carbonyl (C=O) groups is 5. The second kappa shape index (κ2) is 24.6. The topological polar surface area (TPSA) is 209 Å². The van der Waals surface area contributed by atoms with Gasteiger partial charge in [0.2, 0.25) is 5.91 Å². The minimum atomic E-state index is -0.812. The van der Waals surface area contributed by atoms with E-state index in [1.807, 2.05) is 43.3 Å². The van der Waals surface area contributed by atoms with Crippen molar-refractivity contribution in [2.24, 2.45) is 10.8 Å². The van der Waals surface area contributed by atoms with Crippen LogP contribution in [0.1, 0.15) is 65.3 Å². The van der Waals surface area contributed by atoms with Gasteiger partial charge >= 0.3 is 0 Å². The molecule has 1 saturated heterocycles. The fourth-order valence-electron chi connectivity index (χ4n) is 6.92. The van der Waals surface area contributed by atoms with Crippen LogP contribution in [0, 0.1) is 5.41 Å². The lowest BCUT2D eigenvalue weighted by Crippen LogP contribution is -2.49. The molecule has 2 aliphatic heterocycles. The number of rotatable bonds is 25. The third kappa shape index (κ3) is 12.7. The van der Waals surface area contributed by atoms with Crippen molar-refractivity contribution < 1.29 is 38.2 Å². The number of allylic oxidation sites excluding steroid dienone is 4. The highest BCUT2D eigenvalue weighted by Crippen LogP contribution is 2.29. The van der Waals surface area contributed by atoms with Crippen molar-refractivity contribution >= 4 is 47.9 Å². The molecule has 330 valence electrons. The summed E-state index contributed by atoms with van der Waals surface area (Å²) in [4.78, 5) is 64.0. The van der Waals surface area contributed by atoms with Crippen molar-refractivity contribution in [2.75, 3.05) is 65.5 Å². The van der Waals surface area contributed by atoms with Gasteiger partial charge in [-0.25, -0.2) is 5.01 Å². The monoisotopic (exact) mass is 850 g/mol. The lowest BCUT2D eigenvalue weighted by Gasteiger charge is -2.36. The first-order valence-corrected chi connectivity index (χ1v) is 20.5. The normalized spacial score (nSPS) is 16.6. The van der Waals surface area contributed by atoms with E-state index in [1.165, 1.54) is 18.0 Å². The summed E-state index contributed by atoms with van der Waals surface area (Å²) in [7, 11) is 3.15. The van der Waals surface area contributed by atoms with E-state index in [1.54, 1.807) is 41.2 Å². The number of hydrogen-bond acceptors (Lipinski definition) is 13. The number of nitrogens with two attached hydrogens (primary N) is 1. The van der Waals surface area contributed by atoms with Crippen LogP contribution in [0.3, 0.4) is 0 Å². The number of amidine groups is 1. The summed E-state index contributed by atoms with van der Waals surface area (Å²) in [6.07, 6.45) is 11.1. The Balaban J connectivity index is 1.24. The highest BCUT2D eigenvalue weighted by molar-refractivity contribution is 6.32. The van der Waals surface area contributed by atoms with E-state index in [2.05, 4.69) is 23.8 Å². The quantitative estimate of drug-likeness (QED) is 0.0355. The molecule has 2 aliphatic rings. The molecule has 0 aromatic heterocycles. The van der Waals surface area contributed by atoms with E-state index >= 15 is 0 Å². The first-order valence-electron chi connectivity index (χ1n) is 20.5. The fourth-order valence-corrected chi connectivity index (χ4v) is 6.92. The summed E-state index contributed by atoms with van der Waals surface area (Å²) in [5.41, 5.74) is 9.26. The molecule has 2 amide bonds. The van der Waals surface area contributed by atoms with E-state index in [-0.39, 0.29) is 68.2 Å². The Morgan fingerprint density at radius 1 is 1.10 bits per heavy atom. The molecule has 0 radical (unpaired) electrons. The van der Waals surface area contributed by atoms with Crippen LogP contribution in [0.4, 0.5) is 5.69 Å². The van der Waals surface area contributed by atoms with E-state index < -0.39 is 11.9 Å². The van der Waals surface area contributed by atoms with Gasteiger partial charge in [0.15, 0.2) is 12.1 Å². The lowest BCUT2D eigenvalue weighted by molar-refractivity contribution is -0.129. The Labute approximate surface area is 363 Å². The standard InChI is InChI=1S/C46H58N8O8/c1-6-11-37(12-7-2)62-38-19-17-33(18-20-38)42-41(43(47)49-4)44(48)54(51-42)35-14-9-23-53(29-35)45(58)32(3)21-25-60-27-28-61-26-22-50-39-16-8-13-34(30-56)40(39)46(59)52(5)36(31-57)15-10-24-55/h6-8,11-13,16-20,24,30-31,35-36,48-50H,1,3,9-10,14-15,21-23,25-29,47H2,2,4-5H3/b12-7-,37-11+,43-41-,48-44?. The maximum atomic E-state index is 13.5. The highest BCUT2D eigenvalue weighted by Gasteiger charge is 2.37. The first-order chi connectivity index (χ1) is 30.0. The van der Waals surface area contributed by atoms with Crippen LogP contribution in [0.2, 0.25) is 0 Å². The number of likely N-dealkylation sites (tertiary alicyclic amines) is 1. The maximum absolute atomic E-state index is 13.5. The van der Waals surface area contributed by atoms with Gasteiger partial charge in [-0.15, -0.1) is 0 Å². The van der Waals surface area contributed by atoms with Crippen molar-refractivity contribution in [3.05, 3.63) is 119 Å². The minimum absolute atomic E-state index is 0.120. The van der Waals surface area contributed by atoms with Gasteiger partial charge in [-0.05, 0) is 68.7 Å². The molecule has 2 heterocycles. The third-order valence-electron chi connectivity index (χ3n) is 10.2. The van der Waals surface area contributed by atoms with Gasteiger partial charge in [0.05, 0.1) is 49.6 Å². The summed E-state index contributed by atoms with van der Waals surface area (Å²) in [6, 6.07) is 11.2. The van der Waals surface area contributed by atoms with Gasteiger partial charge in [0, 0.05) is 69.0 Å². The number of ether oxygens (including phenoxy) is 3. The summed E-state index contributed by atoms with van der Waals surface area (Å²) in [5.74, 6) is 1.02. The van der Waals surface area contributed by atoms with Gasteiger partial charge in [0.1, 0.15) is 35.6 Å². The highest BCUT2D eigenvalue weighted by atomic mass is 16.5. The van der Waals surface area contributed by atoms with Crippen LogP contribution >= 0.6 is 0 Å². The van der Waals surface area contributed by atoms with Gasteiger partial charge in [0.25, 0.3) is 5.91 Å². The molecule has 0 bridgehead atoms. The molecule has 2 unspecified atom stereocenters. The van der Waals surface area contributed by atoms with E-state index in [4.69, 9.17) is 30.5 Å². The Morgan fingerprint density at radius 2 is 1.84 bits per heavy atom. The second-order valence-electron chi connectivity index (χ2n) is 14.4. The number of amides is 2. The number of aldehydes is 3. The molecule has 1 fully saturated rings. The van der Waals surface area contributed by atoms with Crippen molar-refractivity contribution in [1.82, 2.24) is 20.1 Å². The molecule has 16 heteroatoms. The van der Waals surface area contributed by atoms with Gasteiger partial charge in [-0.3, -0.25) is 19.8 Å². The number of piperidine rings is 1. The average Bonchev–Trinajstić information content (AvgIpc) is 3.64. The fraction of sp³-hybridized carbons (Fsp3) is 0.370. The van der Waals surface area contributed by atoms with E-state index in [9.17, 15) is 24.0 Å². The molecule has 2 aromatic rings. The number of hydrazone groups is 1. The maximum Gasteiger partial charge on any atom is 0.257 e. The molecule has 0 aliphatic carbocycles. The number of nitrogens with one attached hydrogen (secondary N) is 3. The second-order valence-corrected chi connectivity index (χ2v) is 14.4. The predicted molar refractivity (Wildman–Crippen MR) is 239 cm³/mol. The van der Waals surface area contributed by atoms with Crippen molar-refractivity contribution in [2.45, 2.75) is 51.1 Å². The zero-order chi connectivity index (χ0) is 45.0. The summed E-state index contributed by atoms with van der Waals surface area (Å²) >= 11 is 0. The molecule has 0 saturated carbocycles. The van der Waals surface area contributed by atoms with Crippen LogP contribution in [-0.2, 0) is 23.9 Å². The summed E-state index contributed by atoms with van der Waals surface area (Å²) in [6.45, 7) is 12.0. The Morgan fingerprint density at radius 3 is 2.50 bits per heavy atom. The predicted octanol–water partition coefficient (Wildman–Crippen LogP) is 4.61. The van der Waals surface area contributed by atoms with E-state index in [0.717, 1.165) is 18.4 Å². The molecule has 2 aromatic carbocycles. The van der Waals surface area contributed by atoms with Crippen LogP contribution in [0.25, 0.3) is 0 Å². The Hall–Kier alpha value is -6.65. The smallest absolute Gasteiger partial charge is 0.257 e. The number of hydrogen-bond donors (Lipinski definition) is 4. The molecular formula is C46H58N8O8. The lowest BCUT2D eigenvalue weighted by atomic mass is 10.0. The third-order valence-corrected chi connectivity index (χ3v) is 10.2. The molecular weight excluding hydrogens is 793 g/mol. The molecule has 2 atom stereocenters. The van der Waals surface area contributed by atoms with Gasteiger partial charge in [-0.1, -0.05) is 37.4 Å². The van der Waals surface area contributed by atoms with Crippen molar-refractivity contribution in [3.63, 3.8) is 0 Å². The Bertz CT molecular complexity index is 2080. The van der Waals surface area contributed by atoms with Crippen molar-refractivity contribution in [3.8, 4) is 5.75 Å². The van der Waals surface area contributed by atoms with Crippen LogP contribution in [0.15, 0.2) is 108 Å². The first kappa shape index (κ1) is 48.0. The number of benzene rings is 2. The molecule has 62 heavy (non-hydrogen) atoms. The number of nitrogens with zero attached hydrogens (tertiary/aromatic N) is 4. The van der Waals surface area contributed by atoms with Gasteiger partial charge in [-0.2, -0.15) is 5.10 Å². The van der Waals surface area contributed by atoms with Crippen LogP contribution in [-0.4, -0.2) is 129 Å². The van der Waals surface area contributed by atoms with E-state index in [0.29, 0.717) is 84.8 Å². The zero-order valence-corrected chi connectivity index (χ0v) is 35.8. The van der Waals surface area contributed by atoms with Gasteiger partial charge < -0.3 is 50.0 Å². The largest absolute Gasteiger partial charge is 0.457 e. The zero-order valence-electron chi connectivity index (χ0n) is 35.8. The summed E-state index contributed by atoms with van der Waals surface area (Å²) in [5, 5.41) is 21.7. The molecule has 4 rings (SSSR count). The Kier molecular flexibility index (Phi) is 19.0. The van der Waals surface area contributed by atoms with Crippen molar-refractivity contribution in [1.29, 1.82) is 5.41 Å². The van der Waals surface area contributed by atoms with Crippen LogP contribution < -0.4 is 21.1 Å². The molecule has 16 nitrogen and oxygen atoms in total.